The second-order valence-corrected chi connectivity index (χ2v) is 7.76. The molecule has 0 spiro atoms. The fraction of sp³-hybridized carbons (Fsp3) is 0.200. The summed E-state index contributed by atoms with van der Waals surface area (Å²) in [6.45, 7) is 6.37. The highest BCUT2D eigenvalue weighted by molar-refractivity contribution is 6.09. The summed E-state index contributed by atoms with van der Waals surface area (Å²) in [5.74, 6) is 0.441. The van der Waals surface area contributed by atoms with E-state index in [4.69, 9.17) is 4.74 Å². The van der Waals surface area contributed by atoms with Gasteiger partial charge in [-0.3, -0.25) is 9.59 Å². The average Bonchev–Trinajstić information content (AvgIpc) is 2.72. The van der Waals surface area contributed by atoms with Crippen LogP contribution < -0.4 is 4.74 Å². The Morgan fingerprint density at radius 1 is 0.714 bits per heavy atom. The van der Waals surface area contributed by atoms with Crippen molar-refractivity contribution >= 4 is 11.6 Å². The van der Waals surface area contributed by atoms with E-state index < -0.39 is 0 Å². The van der Waals surface area contributed by atoms with Crippen LogP contribution in [0.1, 0.15) is 52.6 Å². The van der Waals surface area contributed by atoms with Crippen LogP contribution in [0.4, 0.5) is 0 Å². The van der Waals surface area contributed by atoms with Crippen molar-refractivity contribution in [1.29, 1.82) is 0 Å². The van der Waals surface area contributed by atoms with Crippen LogP contribution in [-0.4, -0.2) is 18.2 Å². The van der Waals surface area contributed by atoms with Crippen LogP contribution in [-0.2, 0) is 5.41 Å². The van der Waals surface area contributed by atoms with Crippen molar-refractivity contribution in [2.45, 2.75) is 26.2 Å². The molecule has 142 valence electrons. The molecule has 0 amide bonds. The Labute approximate surface area is 166 Å². The molecule has 0 saturated carbocycles. The SMILES string of the molecule is CC(C)(C)c1ccc(C(=O)COc2ccc(C(=O)c3ccccc3)cc2)cc1. The fourth-order valence-corrected chi connectivity index (χ4v) is 2.85. The lowest BCUT2D eigenvalue weighted by Crippen LogP contribution is -2.14. The topological polar surface area (TPSA) is 43.4 Å². The van der Waals surface area contributed by atoms with E-state index in [2.05, 4.69) is 20.8 Å². The Balaban J connectivity index is 1.60. The van der Waals surface area contributed by atoms with E-state index in [1.807, 2.05) is 42.5 Å². The molecule has 0 N–H and O–H groups in total. The molecule has 3 nitrogen and oxygen atoms in total. The van der Waals surface area contributed by atoms with Crippen molar-refractivity contribution in [2.75, 3.05) is 6.61 Å². The van der Waals surface area contributed by atoms with Gasteiger partial charge in [0.15, 0.2) is 18.2 Å². The van der Waals surface area contributed by atoms with E-state index in [0.29, 0.717) is 22.4 Å². The maximum absolute atomic E-state index is 12.4. The molecule has 0 aliphatic heterocycles. The summed E-state index contributed by atoms with van der Waals surface area (Å²) in [4.78, 5) is 24.8. The first-order chi connectivity index (χ1) is 13.3. The zero-order chi connectivity index (χ0) is 20.1. The second-order valence-electron chi connectivity index (χ2n) is 7.76. The molecular formula is C25H24O3. The van der Waals surface area contributed by atoms with Crippen LogP contribution in [0, 0.1) is 0 Å². The number of carbonyl (C=O) groups is 2. The molecule has 3 aromatic rings. The predicted molar refractivity (Wildman–Crippen MR) is 111 cm³/mol. The molecule has 0 aliphatic rings. The summed E-state index contributed by atoms with van der Waals surface area (Å²) in [6.07, 6.45) is 0. The van der Waals surface area contributed by atoms with Gasteiger partial charge in [-0.2, -0.15) is 0 Å². The molecule has 3 heteroatoms. The number of ketones is 2. The maximum Gasteiger partial charge on any atom is 0.200 e. The van der Waals surface area contributed by atoms with Gasteiger partial charge in [0, 0.05) is 16.7 Å². The largest absolute Gasteiger partial charge is 0.485 e. The monoisotopic (exact) mass is 372 g/mol. The number of hydrogen-bond acceptors (Lipinski definition) is 3. The Morgan fingerprint density at radius 3 is 1.82 bits per heavy atom. The van der Waals surface area contributed by atoms with E-state index in [1.165, 1.54) is 5.56 Å². The lowest BCUT2D eigenvalue weighted by atomic mass is 9.86. The van der Waals surface area contributed by atoms with Crippen molar-refractivity contribution in [3.8, 4) is 5.75 Å². The van der Waals surface area contributed by atoms with E-state index in [0.717, 1.165) is 0 Å². The van der Waals surface area contributed by atoms with Crippen LogP contribution in [0.3, 0.4) is 0 Å². The van der Waals surface area contributed by atoms with Crippen molar-refractivity contribution in [3.05, 3.63) is 101 Å². The van der Waals surface area contributed by atoms with Crippen molar-refractivity contribution in [3.63, 3.8) is 0 Å². The highest BCUT2D eigenvalue weighted by Gasteiger charge is 2.15. The Kier molecular flexibility index (Phi) is 5.74. The van der Waals surface area contributed by atoms with Gasteiger partial charge in [-0.25, -0.2) is 0 Å². The molecule has 0 fully saturated rings. The van der Waals surface area contributed by atoms with Crippen LogP contribution in [0.2, 0.25) is 0 Å². The van der Waals surface area contributed by atoms with Crippen molar-refractivity contribution in [2.24, 2.45) is 0 Å². The minimum Gasteiger partial charge on any atom is -0.485 e. The average molecular weight is 372 g/mol. The van der Waals surface area contributed by atoms with Gasteiger partial charge in [-0.05, 0) is 35.2 Å². The minimum absolute atomic E-state index is 0.0397. The number of carbonyl (C=O) groups excluding carboxylic acids is 2. The van der Waals surface area contributed by atoms with E-state index in [-0.39, 0.29) is 23.6 Å². The number of rotatable bonds is 6. The number of benzene rings is 3. The summed E-state index contributed by atoms with van der Waals surface area (Å²) in [6, 6.07) is 23.6. The smallest absolute Gasteiger partial charge is 0.200 e. The third-order valence-corrected chi connectivity index (χ3v) is 4.60. The molecule has 0 unspecified atom stereocenters. The molecule has 0 saturated heterocycles. The molecule has 0 heterocycles. The Morgan fingerprint density at radius 2 is 1.25 bits per heavy atom. The van der Waals surface area contributed by atoms with Gasteiger partial charge in [-0.1, -0.05) is 75.4 Å². The lowest BCUT2D eigenvalue weighted by molar-refractivity contribution is 0.0920. The minimum atomic E-state index is -0.0788. The van der Waals surface area contributed by atoms with Gasteiger partial charge in [0.2, 0.25) is 0 Å². The fourth-order valence-electron chi connectivity index (χ4n) is 2.85. The van der Waals surface area contributed by atoms with Gasteiger partial charge >= 0.3 is 0 Å². The highest BCUT2D eigenvalue weighted by Crippen LogP contribution is 2.22. The standard InChI is InChI=1S/C25H24O3/c1-25(2,3)21-13-9-18(10-14-21)23(26)17-28-22-15-11-20(12-16-22)24(27)19-7-5-4-6-8-19/h4-16H,17H2,1-3H3. The quantitative estimate of drug-likeness (QED) is 0.538. The molecular weight excluding hydrogens is 348 g/mol. The maximum atomic E-state index is 12.4. The Bertz CT molecular complexity index is 947. The van der Waals surface area contributed by atoms with Crippen LogP contribution in [0.5, 0.6) is 5.75 Å². The van der Waals surface area contributed by atoms with Crippen LogP contribution in [0.15, 0.2) is 78.9 Å². The van der Waals surface area contributed by atoms with Crippen molar-refractivity contribution < 1.29 is 14.3 Å². The summed E-state index contributed by atoms with van der Waals surface area (Å²) in [5, 5.41) is 0. The first-order valence-corrected chi connectivity index (χ1v) is 9.31. The van der Waals surface area contributed by atoms with Gasteiger partial charge in [0.1, 0.15) is 5.75 Å². The summed E-state index contributed by atoms with van der Waals surface area (Å²) < 4.78 is 5.60. The van der Waals surface area contributed by atoms with Crippen molar-refractivity contribution in [1.82, 2.24) is 0 Å². The molecule has 0 atom stereocenters. The molecule has 0 aliphatic carbocycles. The molecule has 3 rings (SSSR count). The first kappa shape index (κ1) is 19.6. The zero-order valence-corrected chi connectivity index (χ0v) is 16.4. The van der Waals surface area contributed by atoms with Crippen LogP contribution >= 0.6 is 0 Å². The van der Waals surface area contributed by atoms with Gasteiger partial charge in [-0.15, -0.1) is 0 Å². The summed E-state index contributed by atoms with van der Waals surface area (Å²) in [5.41, 5.74) is 3.09. The third-order valence-electron chi connectivity index (χ3n) is 4.60. The van der Waals surface area contributed by atoms with E-state index in [1.54, 1.807) is 36.4 Å². The number of Topliss-reactive ketones (excluding diaryl/α,β-unsaturated/α-hetero) is 1. The molecule has 28 heavy (non-hydrogen) atoms. The highest BCUT2D eigenvalue weighted by atomic mass is 16.5. The second kappa shape index (κ2) is 8.22. The van der Waals surface area contributed by atoms with E-state index in [9.17, 15) is 9.59 Å². The molecule has 0 radical (unpaired) electrons. The molecule has 0 bridgehead atoms. The lowest BCUT2D eigenvalue weighted by Gasteiger charge is -2.19. The van der Waals surface area contributed by atoms with Gasteiger partial charge in [0.05, 0.1) is 0 Å². The predicted octanol–water partition coefficient (Wildman–Crippen LogP) is 5.48. The first-order valence-electron chi connectivity index (χ1n) is 9.31. The molecule has 0 aromatic heterocycles. The summed E-state index contributed by atoms with van der Waals surface area (Å²) >= 11 is 0. The Hall–Kier alpha value is -3.20. The normalized spacial score (nSPS) is 11.1. The van der Waals surface area contributed by atoms with E-state index >= 15 is 0 Å². The molecule has 3 aromatic carbocycles. The number of hydrogen-bond donors (Lipinski definition) is 0. The van der Waals surface area contributed by atoms with Gasteiger partial charge < -0.3 is 4.74 Å². The summed E-state index contributed by atoms with van der Waals surface area (Å²) in [7, 11) is 0. The number of ether oxygens (including phenoxy) is 1. The third kappa shape index (κ3) is 4.74. The van der Waals surface area contributed by atoms with Gasteiger partial charge in [0.25, 0.3) is 0 Å². The zero-order valence-electron chi connectivity index (χ0n) is 16.4. The van der Waals surface area contributed by atoms with Crippen LogP contribution in [0.25, 0.3) is 0 Å².